The Kier molecular flexibility index (Phi) is 4.60. The molecule has 1 saturated heterocycles. The van der Waals surface area contributed by atoms with Crippen LogP contribution in [0.25, 0.3) is 10.8 Å². The van der Waals surface area contributed by atoms with Gasteiger partial charge in [-0.1, -0.05) is 25.4 Å². The van der Waals surface area contributed by atoms with Gasteiger partial charge in [0.15, 0.2) is 0 Å². The van der Waals surface area contributed by atoms with E-state index in [1.165, 1.54) is 12.2 Å². The number of halogens is 1. The quantitative estimate of drug-likeness (QED) is 0.628. The van der Waals surface area contributed by atoms with E-state index in [1.807, 2.05) is 17.2 Å². The lowest BCUT2D eigenvalue weighted by Gasteiger charge is -2.42. The molecule has 7 heteroatoms. The second-order valence-electron chi connectivity index (χ2n) is 6.26. The third kappa shape index (κ3) is 2.80. The van der Waals surface area contributed by atoms with Crippen molar-refractivity contribution < 1.29 is 9.63 Å². The Labute approximate surface area is 146 Å². The van der Waals surface area contributed by atoms with Crippen molar-refractivity contribution in [2.24, 2.45) is 0 Å². The minimum absolute atomic E-state index is 0.0754. The van der Waals surface area contributed by atoms with Crippen molar-refractivity contribution in [3.05, 3.63) is 29.2 Å². The van der Waals surface area contributed by atoms with E-state index in [-0.39, 0.29) is 11.9 Å². The highest BCUT2D eigenvalue weighted by atomic mass is 35.5. The first-order chi connectivity index (χ1) is 11.4. The molecule has 0 aromatic carbocycles. The zero-order chi connectivity index (χ0) is 17.4. The van der Waals surface area contributed by atoms with Crippen LogP contribution in [0.1, 0.15) is 31.7 Å². The lowest BCUT2D eigenvalue weighted by atomic mass is 9.97. The molecule has 0 N–H and O–H groups in total. The van der Waals surface area contributed by atoms with Gasteiger partial charge in [0.25, 0.3) is 5.91 Å². The lowest BCUT2D eigenvalue weighted by molar-refractivity contribution is -0.171. The first-order valence-electron chi connectivity index (χ1n) is 7.96. The number of anilines is 1. The number of fused-ring (bicyclic) bond motifs is 1. The molecule has 1 aliphatic heterocycles. The summed E-state index contributed by atoms with van der Waals surface area (Å²) < 4.78 is 0. The summed E-state index contributed by atoms with van der Waals surface area (Å²) in [6.07, 6.45) is 4.40. The van der Waals surface area contributed by atoms with Gasteiger partial charge in [-0.25, -0.2) is 15.0 Å². The Balaban J connectivity index is 2.05. The molecule has 1 fully saturated rings. The highest BCUT2D eigenvalue weighted by molar-refractivity contribution is 6.30. The molecule has 2 aromatic heterocycles. The van der Waals surface area contributed by atoms with Crippen LogP contribution in [-0.2, 0) is 9.63 Å². The molecular formula is C17H21ClN4O2. The summed E-state index contributed by atoms with van der Waals surface area (Å²) in [5.74, 6) is 1.02. The number of rotatable bonds is 4. The highest BCUT2D eigenvalue weighted by Crippen LogP contribution is 2.35. The Hall–Kier alpha value is -1.92. The minimum Gasteiger partial charge on any atom is -0.344 e. The molecule has 0 unspecified atom stereocenters. The summed E-state index contributed by atoms with van der Waals surface area (Å²) in [6.45, 7) is 5.02. The maximum absolute atomic E-state index is 12.4. The number of likely N-dealkylation sites (N-methyl/N-ethyl adjacent to an activating group) is 1. The van der Waals surface area contributed by atoms with Crippen LogP contribution in [0.15, 0.2) is 18.5 Å². The van der Waals surface area contributed by atoms with Gasteiger partial charge in [-0.15, -0.1) is 0 Å². The summed E-state index contributed by atoms with van der Waals surface area (Å²) in [4.78, 5) is 28.3. The van der Waals surface area contributed by atoms with Gasteiger partial charge < -0.3 is 4.90 Å². The van der Waals surface area contributed by atoms with Crippen LogP contribution >= 0.6 is 11.6 Å². The Morgan fingerprint density at radius 2 is 2.12 bits per heavy atom. The summed E-state index contributed by atoms with van der Waals surface area (Å²) in [6, 6.07) is 1.61. The van der Waals surface area contributed by atoms with Crippen molar-refractivity contribution >= 4 is 34.1 Å². The van der Waals surface area contributed by atoms with Crippen LogP contribution < -0.4 is 4.90 Å². The number of aromatic nitrogens is 2. The van der Waals surface area contributed by atoms with E-state index in [0.29, 0.717) is 11.1 Å². The first-order valence-corrected chi connectivity index (χ1v) is 8.34. The molecule has 24 heavy (non-hydrogen) atoms. The van der Waals surface area contributed by atoms with Crippen molar-refractivity contribution in [1.82, 2.24) is 15.0 Å². The average molecular weight is 349 g/mol. The zero-order valence-corrected chi connectivity index (χ0v) is 15.0. The van der Waals surface area contributed by atoms with Crippen molar-refractivity contribution in [3.63, 3.8) is 0 Å². The predicted molar refractivity (Wildman–Crippen MR) is 94.2 cm³/mol. The van der Waals surface area contributed by atoms with Crippen LogP contribution in [0.3, 0.4) is 0 Å². The molecule has 0 spiro atoms. The molecule has 0 bridgehead atoms. The largest absolute Gasteiger partial charge is 0.344 e. The van der Waals surface area contributed by atoms with Crippen LogP contribution in [0.2, 0.25) is 5.15 Å². The molecule has 3 rings (SSSR count). The van der Waals surface area contributed by atoms with E-state index < -0.39 is 0 Å². The summed E-state index contributed by atoms with van der Waals surface area (Å²) in [5, 5.41) is 3.67. The van der Waals surface area contributed by atoms with Gasteiger partial charge in [-0.05, 0) is 29.4 Å². The van der Waals surface area contributed by atoms with E-state index in [9.17, 15) is 4.79 Å². The van der Waals surface area contributed by atoms with Crippen LogP contribution in [0.5, 0.6) is 0 Å². The van der Waals surface area contributed by atoms with Gasteiger partial charge in [0.2, 0.25) is 0 Å². The smallest absolute Gasteiger partial charge is 0.268 e. The van der Waals surface area contributed by atoms with Crippen molar-refractivity contribution in [2.75, 3.05) is 25.6 Å². The molecule has 1 atom stereocenters. The normalized spacial score (nSPS) is 17.2. The fourth-order valence-corrected chi connectivity index (χ4v) is 3.16. The van der Waals surface area contributed by atoms with E-state index in [0.717, 1.165) is 35.1 Å². The van der Waals surface area contributed by atoms with E-state index >= 15 is 0 Å². The van der Waals surface area contributed by atoms with Gasteiger partial charge in [-0.3, -0.25) is 9.63 Å². The Morgan fingerprint density at radius 1 is 1.38 bits per heavy atom. The number of pyridine rings is 2. The summed E-state index contributed by atoms with van der Waals surface area (Å²) >= 11 is 6.09. The number of amides is 1. The maximum atomic E-state index is 12.4. The maximum Gasteiger partial charge on any atom is 0.268 e. The van der Waals surface area contributed by atoms with E-state index in [4.69, 9.17) is 16.4 Å². The van der Waals surface area contributed by atoms with Gasteiger partial charge in [0, 0.05) is 31.4 Å². The molecule has 6 nitrogen and oxygen atoms in total. The lowest BCUT2D eigenvalue weighted by Crippen LogP contribution is -2.56. The number of carbonyl (C=O) groups is 1. The average Bonchev–Trinajstić information content (AvgIpc) is 2.52. The SMILES string of the molecule is CON(C)C(=O)[C@@H]1CCN1c1ncc(C(C)C)c2cc(Cl)ncc12. The summed E-state index contributed by atoms with van der Waals surface area (Å²) in [7, 11) is 3.10. The van der Waals surface area contributed by atoms with Gasteiger partial charge in [0.1, 0.15) is 17.0 Å². The van der Waals surface area contributed by atoms with Gasteiger partial charge >= 0.3 is 0 Å². The molecule has 128 valence electrons. The van der Waals surface area contributed by atoms with Gasteiger partial charge in [-0.2, -0.15) is 0 Å². The predicted octanol–water partition coefficient (Wildman–Crippen LogP) is 3.01. The van der Waals surface area contributed by atoms with Crippen LogP contribution in [-0.4, -0.2) is 47.7 Å². The van der Waals surface area contributed by atoms with Crippen LogP contribution in [0.4, 0.5) is 5.82 Å². The molecule has 1 amide bonds. The second-order valence-corrected chi connectivity index (χ2v) is 6.65. The molecular weight excluding hydrogens is 328 g/mol. The monoisotopic (exact) mass is 348 g/mol. The molecule has 3 heterocycles. The minimum atomic E-state index is -0.258. The standard InChI is InChI=1S/C17H21ClN4O2/c1-10(2)12-8-20-16(13-9-19-15(18)7-11(12)13)22-6-5-14(22)17(23)21(3)24-4/h7-10,14H,5-6H2,1-4H3/t14-/m0/s1. The van der Waals surface area contributed by atoms with Crippen LogP contribution in [0, 0.1) is 0 Å². The molecule has 1 aliphatic rings. The Bertz CT molecular complexity index is 781. The number of hydrogen-bond donors (Lipinski definition) is 0. The fourth-order valence-electron chi connectivity index (χ4n) is 3.00. The highest BCUT2D eigenvalue weighted by Gasteiger charge is 2.38. The summed E-state index contributed by atoms with van der Waals surface area (Å²) in [5.41, 5.74) is 1.12. The van der Waals surface area contributed by atoms with Gasteiger partial charge in [0.05, 0.1) is 7.11 Å². The first kappa shape index (κ1) is 16.9. The fraction of sp³-hybridized carbons (Fsp3) is 0.471. The molecule has 2 aromatic rings. The third-order valence-corrected chi connectivity index (χ3v) is 4.74. The van der Waals surface area contributed by atoms with E-state index in [1.54, 1.807) is 13.2 Å². The zero-order valence-electron chi connectivity index (χ0n) is 14.3. The molecule has 0 saturated carbocycles. The van der Waals surface area contributed by atoms with Crippen molar-refractivity contribution in [3.8, 4) is 0 Å². The number of nitrogens with zero attached hydrogens (tertiary/aromatic N) is 4. The van der Waals surface area contributed by atoms with Crippen molar-refractivity contribution in [1.29, 1.82) is 0 Å². The van der Waals surface area contributed by atoms with E-state index in [2.05, 4.69) is 23.8 Å². The third-order valence-electron chi connectivity index (χ3n) is 4.53. The second kappa shape index (κ2) is 6.53. The molecule has 0 radical (unpaired) electrons. The van der Waals surface area contributed by atoms with Crippen molar-refractivity contribution in [2.45, 2.75) is 32.2 Å². The Morgan fingerprint density at radius 3 is 2.71 bits per heavy atom. The topological polar surface area (TPSA) is 58.6 Å². The molecule has 0 aliphatic carbocycles. The number of hydrogen-bond acceptors (Lipinski definition) is 5. The number of carbonyl (C=O) groups excluding carboxylic acids is 1. The number of hydroxylamine groups is 2.